The average Bonchev–Trinajstić information content (AvgIpc) is 2.31. The van der Waals surface area contributed by atoms with Crippen molar-refractivity contribution in [2.75, 3.05) is 0 Å². The number of halogens is 1. The molecule has 1 aliphatic rings. The van der Waals surface area contributed by atoms with Gasteiger partial charge < -0.3 is 0 Å². The molecule has 1 aliphatic carbocycles. The normalized spacial score (nSPS) is 24.8. The minimum Gasteiger partial charge on any atom is -0.207 e. The molecule has 0 aliphatic heterocycles. The number of hydrogen-bond acceptors (Lipinski definition) is 1. The van der Waals surface area contributed by atoms with E-state index in [9.17, 15) is 9.65 Å². The van der Waals surface area contributed by atoms with Gasteiger partial charge in [-0.3, -0.25) is 0 Å². The van der Waals surface area contributed by atoms with Crippen molar-refractivity contribution < 1.29 is 4.39 Å². The van der Waals surface area contributed by atoms with Gasteiger partial charge in [0.2, 0.25) is 0 Å². The first-order valence-corrected chi connectivity index (χ1v) is 5.09. The van der Waals surface area contributed by atoms with Gasteiger partial charge in [0.1, 0.15) is 5.82 Å². The second-order valence-corrected chi connectivity index (χ2v) is 3.92. The summed E-state index contributed by atoms with van der Waals surface area (Å²) in [5, 5.41) is 9.29. The van der Waals surface area contributed by atoms with Crippen molar-refractivity contribution in [3.8, 4) is 6.07 Å². The maximum absolute atomic E-state index is 12.8. The number of nitriles is 1. The zero-order valence-corrected chi connectivity index (χ0v) is 8.41. The van der Waals surface area contributed by atoms with E-state index >= 15 is 0 Å². The van der Waals surface area contributed by atoms with Crippen molar-refractivity contribution in [3.05, 3.63) is 47.8 Å². The fourth-order valence-corrected chi connectivity index (χ4v) is 2.03. The third kappa shape index (κ3) is 1.78. The van der Waals surface area contributed by atoms with Gasteiger partial charge >= 0.3 is 0 Å². The van der Waals surface area contributed by atoms with Crippen LogP contribution in [0, 0.1) is 17.1 Å². The molecule has 1 aromatic rings. The Kier molecular flexibility index (Phi) is 2.55. The van der Waals surface area contributed by atoms with Gasteiger partial charge in [0.25, 0.3) is 0 Å². The van der Waals surface area contributed by atoms with Crippen molar-refractivity contribution in [3.63, 3.8) is 0 Å². The van der Waals surface area contributed by atoms with Gasteiger partial charge in [0.15, 0.2) is 0 Å². The van der Waals surface area contributed by atoms with Crippen LogP contribution in [-0.4, -0.2) is 0 Å². The van der Waals surface area contributed by atoms with Crippen molar-refractivity contribution in [1.82, 2.24) is 0 Å². The highest BCUT2D eigenvalue weighted by Crippen LogP contribution is 2.35. The molecule has 1 unspecified atom stereocenters. The van der Waals surface area contributed by atoms with Crippen LogP contribution in [0.15, 0.2) is 36.4 Å². The third-order valence-corrected chi connectivity index (χ3v) is 2.98. The van der Waals surface area contributed by atoms with E-state index in [1.165, 1.54) is 12.1 Å². The molecule has 0 N–H and O–H groups in total. The highest BCUT2D eigenvalue weighted by Gasteiger charge is 2.31. The van der Waals surface area contributed by atoms with Crippen LogP contribution in [0.25, 0.3) is 0 Å². The SMILES string of the molecule is N#CC1(c2ccc(F)cc2)CC=CCC1. The molecule has 0 saturated heterocycles. The maximum atomic E-state index is 12.8. The number of hydrogen-bond donors (Lipinski definition) is 0. The summed E-state index contributed by atoms with van der Waals surface area (Å²) in [7, 11) is 0. The first-order valence-electron chi connectivity index (χ1n) is 5.09. The molecule has 0 spiro atoms. The number of rotatable bonds is 1. The molecule has 0 fully saturated rings. The van der Waals surface area contributed by atoms with Crippen LogP contribution >= 0.6 is 0 Å². The quantitative estimate of drug-likeness (QED) is 0.639. The van der Waals surface area contributed by atoms with E-state index in [-0.39, 0.29) is 5.82 Å². The molecule has 1 aromatic carbocycles. The van der Waals surface area contributed by atoms with Gasteiger partial charge in [-0.15, -0.1) is 0 Å². The Morgan fingerprint density at radius 3 is 2.47 bits per heavy atom. The van der Waals surface area contributed by atoms with E-state index in [4.69, 9.17) is 0 Å². The first-order chi connectivity index (χ1) is 7.27. The minimum atomic E-state index is -0.442. The lowest BCUT2D eigenvalue weighted by Gasteiger charge is -2.28. The van der Waals surface area contributed by atoms with Crippen LogP contribution in [0.2, 0.25) is 0 Å². The van der Waals surface area contributed by atoms with E-state index in [1.807, 2.05) is 6.08 Å². The molecule has 0 saturated carbocycles. The van der Waals surface area contributed by atoms with E-state index in [1.54, 1.807) is 12.1 Å². The summed E-state index contributed by atoms with van der Waals surface area (Å²) in [6.45, 7) is 0. The van der Waals surface area contributed by atoms with Crippen LogP contribution in [0.5, 0.6) is 0 Å². The Morgan fingerprint density at radius 2 is 1.93 bits per heavy atom. The lowest BCUT2D eigenvalue weighted by molar-refractivity contribution is 0.494. The largest absolute Gasteiger partial charge is 0.207 e. The second-order valence-electron chi connectivity index (χ2n) is 3.92. The highest BCUT2D eigenvalue weighted by molar-refractivity contribution is 5.34. The molecular formula is C13H12FN. The summed E-state index contributed by atoms with van der Waals surface area (Å²) in [5.74, 6) is -0.252. The van der Waals surface area contributed by atoms with Crippen molar-refractivity contribution in [2.24, 2.45) is 0 Å². The number of nitrogens with zero attached hydrogens (tertiary/aromatic N) is 1. The van der Waals surface area contributed by atoms with Gasteiger partial charge in [-0.05, 0) is 37.0 Å². The Bertz CT molecular complexity index is 413. The summed E-state index contributed by atoms with van der Waals surface area (Å²) >= 11 is 0. The predicted octanol–water partition coefficient (Wildman–Crippen LogP) is 3.33. The molecule has 0 aromatic heterocycles. The smallest absolute Gasteiger partial charge is 0.123 e. The second kappa shape index (κ2) is 3.86. The van der Waals surface area contributed by atoms with Gasteiger partial charge in [-0.2, -0.15) is 5.26 Å². The van der Waals surface area contributed by atoms with E-state index in [0.717, 1.165) is 24.8 Å². The van der Waals surface area contributed by atoms with Gasteiger partial charge in [0, 0.05) is 0 Å². The zero-order chi connectivity index (χ0) is 10.7. The van der Waals surface area contributed by atoms with Gasteiger partial charge in [-0.25, -0.2) is 4.39 Å². The molecule has 2 rings (SSSR count). The third-order valence-electron chi connectivity index (χ3n) is 2.98. The fraction of sp³-hybridized carbons (Fsp3) is 0.308. The highest BCUT2D eigenvalue weighted by atomic mass is 19.1. The standard InChI is InChI=1S/C13H12FN/c14-12-6-4-11(5-7-12)13(10-15)8-2-1-3-9-13/h1-2,4-7H,3,8-9H2. The van der Waals surface area contributed by atoms with Gasteiger partial charge in [-0.1, -0.05) is 24.3 Å². The molecule has 2 heteroatoms. The topological polar surface area (TPSA) is 23.8 Å². The molecule has 15 heavy (non-hydrogen) atoms. The lowest BCUT2D eigenvalue weighted by atomic mass is 9.73. The summed E-state index contributed by atoms with van der Waals surface area (Å²) < 4.78 is 12.8. The van der Waals surface area contributed by atoms with Crippen LogP contribution in [0.1, 0.15) is 24.8 Å². The van der Waals surface area contributed by atoms with E-state index in [2.05, 4.69) is 12.1 Å². The summed E-state index contributed by atoms with van der Waals surface area (Å²) in [6, 6.07) is 8.67. The first kappa shape index (κ1) is 9.92. The van der Waals surface area contributed by atoms with Crippen molar-refractivity contribution in [1.29, 1.82) is 5.26 Å². The molecule has 1 nitrogen and oxygen atoms in total. The molecule has 0 radical (unpaired) electrons. The Morgan fingerprint density at radius 1 is 1.20 bits per heavy atom. The van der Waals surface area contributed by atoms with Gasteiger partial charge in [0.05, 0.1) is 11.5 Å². The molecule has 0 heterocycles. The molecule has 0 amide bonds. The molecule has 1 atom stereocenters. The number of benzene rings is 1. The summed E-state index contributed by atoms with van der Waals surface area (Å²) in [4.78, 5) is 0. The van der Waals surface area contributed by atoms with Crippen LogP contribution in [0.4, 0.5) is 4.39 Å². The average molecular weight is 201 g/mol. The maximum Gasteiger partial charge on any atom is 0.123 e. The molecule has 76 valence electrons. The van der Waals surface area contributed by atoms with Crippen LogP contribution in [0.3, 0.4) is 0 Å². The minimum absolute atomic E-state index is 0.252. The molecule has 0 bridgehead atoms. The van der Waals surface area contributed by atoms with Crippen LogP contribution < -0.4 is 0 Å². The number of allylic oxidation sites excluding steroid dienone is 2. The fourth-order valence-electron chi connectivity index (χ4n) is 2.03. The molecular weight excluding hydrogens is 189 g/mol. The monoisotopic (exact) mass is 201 g/mol. The van der Waals surface area contributed by atoms with E-state index in [0.29, 0.717) is 0 Å². The Balaban J connectivity index is 2.39. The zero-order valence-electron chi connectivity index (χ0n) is 8.41. The van der Waals surface area contributed by atoms with Crippen molar-refractivity contribution >= 4 is 0 Å². The van der Waals surface area contributed by atoms with E-state index < -0.39 is 5.41 Å². The Hall–Kier alpha value is -1.62. The van der Waals surface area contributed by atoms with Crippen molar-refractivity contribution in [2.45, 2.75) is 24.7 Å². The lowest BCUT2D eigenvalue weighted by Crippen LogP contribution is -2.25. The predicted molar refractivity (Wildman–Crippen MR) is 56.7 cm³/mol. The Labute approximate surface area is 88.8 Å². The van der Waals surface area contributed by atoms with Crippen LogP contribution in [-0.2, 0) is 5.41 Å². The summed E-state index contributed by atoms with van der Waals surface area (Å²) in [6.07, 6.45) is 6.61. The summed E-state index contributed by atoms with van der Waals surface area (Å²) in [5.41, 5.74) is 0.485.